The molecule has 0 aliphatic heterocycles. The molecule has 1 aliphatic carbocycles. The van der Waals surface area contributed by atoms with Crippen LogP contribution < -0.4 is 5.73 Å². The van der Waals surface area contributed by atoms with E-state index in [0.717, 1.165) is 40.2 Å². The lowest BCUT2D eigenvalue weighted by Crippen LogP contribution is -2.08. The summed E-state index contributed by atoms with van der Waals surface area (Å²) in [7, 11) is 0. The van der Waals surface area contributed by atoms with Crippen molar-refractivity contribution in [1.82, 2.24) is 19.7 Å². The van der Waals surface area contributed by atoms with Crippen molar-refractivity contribution in [2.24, 2.45) is 0 Å². The third-order valence-corrected chi connectivity index (χ3v) is 4.95. The van der Waals surface area contributed by atoms with Crippen LogP contribution in [-0.2, 0) is 6.42 Å². The predicted molar refractivity (Wildman–Crippen MR) is 91.5 cm³/mol. The Labute approximate surface area is 139 Å². The zero-order valence-electron chi connectivity index (χ0n) is 12.7. The molecule has 0 saturated heterocycles. The van der Waals surface area contributed by atoms with Crippen LogP contribution in [0.3, 0.4) is 0 Å². The molecule has 1 fully saturated rings. The number of aromatic nitrogens is 4. The van der Waals surface area contributed by atoms with Gasteiger partial charge in [-0.25, -0.2) is 14.6 Å². The maximum absolute atomic E-state index is 6.30. The Morgan fingerprint density at radius 3 is 2.74 bits per heavy atom. The van der Waals surface area contributed by atoms with Gasteiger partial charge < -0.3 is 5.73 Å². The molecule has 1 saturated carbocycles. The van der Waals surface area contributed by atoms with Gasteiger partial charge >= 0.3 is 0 Å². The maximum Gasteiger partial charge on any atom is 0.163 e. The summed E-state index contributed by atoms with van der Waals surface area (Å²) >= 11 is 6.30. The van der Waals surface area contributed by atoms with Gasteiger partial charge in [0, 0.05) is 11.4 Å². The third kappa shape index (κ3) is 2.55. The van der Waals surface area contributed by atoms with E-state index in [1.165, 1.54) is 19.2 Å². The van der Waals surface area contributed by atoms with Gasteiger partial charge in [0.05, 0.1) is 17.1 Å². The number of halogens is 1. The molecule has 2 heterocycles. The number of hydrogen-bond acceptors (Lipinski definition) is 4. The average Bonchev–Trinajstić information content (AvgIpc) is 3.18. The lowest BCUT2D eigenvalue weighted by Gasteiger charge is -2.10. The molecule has 5 nitrogen and oxygen atoms in total. The normalized spacial score (nSPS) is 15.5. The fourth-order valence-electron chi connectivity index (χ4n) is 3.42. The molecule has 0 atom stereocenters. The van der Waals surface area contributed by atoms with E-state index in [4.69, 9.17) is 22.4 Å². The summed E-state index contributed by atoms with van der Waals surface area (Å²) in [6.45, 7) is 0. The van der Waals surface area contributed by atoms with Crippen molar-refractivity contribution in [3.8, 4) is 0 Å². The van der Waals surface area contributed by atoms with E-state index in [1.54, 1.807) is 0 Å². The van der Waals surface area contributed by atoms with E-state index >= 15 is 0 Å². The van der Waals surface area contributed by atoms with Crippen molar-refractivity contribution < 1.29 is 0 Å². The molecule has 1 aromatic carbocycles. The van der Waals surface area contributed by atoms with Crippen LogP contribution in [0, 0.1) is 0 Å². The first-order chi connectivity index (χ1) is 11.2. The highest BCUT2D eigenvalue weighted by atomic mass is 35.5. The topological polar surface area (TPSA) is 69.6 Å². The van der Waals surface area contributed by atoms with Crippen molar-refractivity contribution in [3.05, 3.63) is 46.9 Å². The Morgan fingerprint density at radius 1 is 1.17 bits per heavy atom. The minimum Gasteiger partial charge on any atom is -0.383 e. The number of fused-ring (bicyclic) bond motifs is 1. The monoisotopic (exact) mass is 327 g/mol. The van der Waals surface area contributed by atoms with Gasteiger partial charge in [-0.1, -0.05) is 42.6 Å². The SMILES string of the molecule is Nc1ncnc2c1c(Cc1ccccc1Cl)nn2C1CCCC1. The van der Waals surface area contributed by atoms with Gasteiger partial charge in [0.25, 0.3) is 0 Å². The second-order valence-electron chi connectivity index (χ2n) is 6.06. The molecule has 0 spiro atoms. The van der Waals surface area contributed by atoms with Gasteiger partial charge in [0.1, 0.15) is 12.1 Å². The highest BCUT2D eigenvalue weighted by Crippen LogP contribution is 2.34. The third-order valence-electron chi connectivity index (χ3n) is 4.58. The molecule has 0 unspecified atom stereocenters. The van der Waals surface area contributed by atoms with Crippen LogP contribution in [0.25, 0.3) is 11.0 Å². The summed E-state index contributed by atoms with van der Waals surface area (Å²) in [6.07, 6.45) is 6.93. The van der Waals surface area contributed by atoms with Gasteiger partial charge in [-0.2, -0.15) is 5.10 Å². The van der Waals surface area contributed by atoms with Crippen molar-refractivity contribution in [1.29, 1.82) is 0 Å². The van der Waals surface area contributed by atoms with Gasteiger partial charge in [-0.3, -0.25) is 0 Å². The van der Waals surface area contributed by atoms with E-state index in [9.17, 15) is 0 Å². The highest BCUT2D eigenvalue weighted by molar-refractivity contribution is 6.31. The molecule has 1 aliphatic rings. The summed E-state index contributed by atoms with van der Waals surface area (Å²) in [4.78, 5) is 8.60. The average molecular weight is 328 g/mol. The van der Waals surface area contributed by atoms with Crippen LogP contribution >= 0.6 is 11.6 Å². The number of rotatable bonds is 3. The lowest BCUT2D eigenvalue weighted by molar-refractivity contribution is 0.475. The van der Waals surface area contributed by atoms with Gasteiger partial charge in [-0.05, 0) is 24.5 Å². The summed E-state index contributed by atoms with van der Waals surface area (Å²) in [6, 6.07) is 8.23. The molecular weight excluding hydrogens is 310 g/mol. The highest BCUT2D eigenvalue weighted by Gasteiger charge is 2.24. The van der Waals surface area contributed by atoms with Crippen LogP contribution in [0.4, 0.5) is 5.82 Å². The zero-order valence-corrected chi connectivity index (χ0v) is 13.5. The Balaban J connectivity index is 1.84. The van der Waals surface area contributed by atoms with Crippen LogP contribution in [0.5, 0.6) is 0 Å². The summed E-state index contributed by atoms with van der Waals surface area (Å²) in [5, 5.41) is 6.45. The Kier molecular flexibility index (Phi) is 3.65. The predicted octanol–water partition coefficient (Wildman–Crippen LogP) is 3.77. The summed E-state index contributed by atoms with van der Waals surface area (Å²) < 4.78 is 2.05. The number of benzene rings is 1. The molecular formula is C17H18ClN5. The fourth-order valence-corrected chi connectivity index (χ4v) is 3.62. The van der Waals surface area contributed by atoms with E-state index in [0.29, 0.717) is 18.3 Å². The molecule has 0 bridgehead atoms. The second kappa shape index (κ2) is 5.81. The number of nitrogens with zero attached hydrogens (tertiary/aromatic N) is 4. The van der Waals surface area contributed by atoms with Crippen molar-refractivity contribution in [2.45, 2.75) is 38.1 Å². The summed E-state index contributed by atoms with van der Waals surface area (Å²) in [5.41, 5.74) is 8.90. The largest absolute Gasteiger partial charge is 0.383 e. The first kappa shape index (κ1) is 14.5. The molecule has 23 heavy (non-hydrogen) atoms. The van der Waals surface area contributed by atoms with Crippen molar-refractivity contribution in [2.75, 3.05) is 5.73 Å². The quantitative estimate of drug-likeness (QED) is 0.795. The first-order valence-corrected chi connectivity index (χ1v) is 8.33. The second-order valence-corrected chi connectivity index (χ2v) is 6.46. The first-order valence-electron chi connectivity index (χ1n) is 7.95. The van der Waals surface area contributed by atoms with Gasteiger partial charge in [0.2, 0.25) is 0 Å². The van der Waals surface area contributed by atoms with Crippen molar-refractivity contribution >= 4 is 28.5 Å². The van der Waals surface area contributed by atoms with Crippen molar-refractivity contribution in [3.63, 3.8) is 0 Å². The van der Waals surface area contributed by atoms with Crippen LogP contribution in [0.2, 0.25) is 5.02 Å². The molecule has 2 N–H and O–H groups in total. The molecule has 118 valence electrons. The van der Waals surface area contributed by atoms with E-state index < -0.39 is 0 Å². The number of nitrogens with two attached hydrogens (primary N) is 1. The van der Waals surface area contributed by atoms with Crippen LogP contribution in [-0.4, -0.2) is 19.7 Å². The molecule has 2 aromatic heterocycles. The van der Waals surface area contributed by atoms with E-state index in [2.05, 4.69) is 9.97 Å². The zero-order chi connectivity index (χ0) is 15.8. The summed E-state index contributed by atoms with van der Waals surface area (Å²) in [5.74, 6) is 0.487. The molecule has 6 heteroatoms. The van der Waals surface area contributed by atoms with Gasteiger partial charge in [-0.15, -0.1) is 0 Å². The Hall–Kier alpha value is -2.14. The molecule has 0 radical (unpaired) electrons. The van der Waals surface area contributed by atoms with Crippen LogP contribution in [0.1, 0.15) is 43.0 Å². The standard InChI is InChI=1S/C17H18ClN5/c18-13-8-4-1-5-11(13)9-14-15-16(19)20-10-21-17(15)23(22-14)12-6-2-3-7-12/h1,4-5,8,10,12H,2-3,6-7,9H2,(H2,19,20,21). The number of hydrogen-bond donors (Lipinski definition) is 1. The lowest BCUT2D eigenvalue weighted by atomic mass is 10.1. The molecule has 0 amide bonds. The molecule has 4 rings (SSSR count). The number of anilines is 1. The van der Waals surface area contributed by atoms with E-state index in [-0.39, 0.29) is 0 Å². The fraction of sp³-hybridized carbons (Fsp3) is 0.353. The number of nitrogen functional groups attached to an aromatic ring is 1. The minimum atomic E-state index is 0.409. The van der Waals surface area contributed by atoms with E-state index in [1.807, 2.05) is 28.9 Å². The smallest absolute Gasteiger partial charge is 0.163 e. The minimum absolute atomic E-state index is 0.409. The Bertz CT molecular complexity index is 851. The molecule has 3 aromatic rings. The van der Waals surface area contributed by atoms with Gasteiger partial charge in [0.15, 0.2) is 5.65 Å². The Morgan fingerprint density at radius 2 is 1.96 bits per heavy atom. The maximum atomic E-state index is 6.30. The van der Waals surface area contributed by atoms with Crippen LogP contribution in [0.15, 0.2) is 30.6 Å².